The van der Waals surface area contributed by atoms with Gasteiger partial charge in [0.15, 0.2) is 5.82 Å². The van der Waals surface area contributed by atoms with Crippen LogP contribution >= 0.6 is 11.3 Å². The standard InChI is InChI=1S/C12H13N3O4S/c1-19-7-8-3-5-20-11(8)12(18)13-9-2-4-15(14-9)6-10(16)17/h2-5H,6-7H2,1H3,(H,16,17)(H,13,14,18). The molecule has 0 saturated heterocycles. The summed E-state index contributed by atoms with van der Waals surface area (Å²) in [6.07, 6.45) is 1.49. The Kier molecular flexibility index (Phi) is 4.49. The molecule has 0 bridgehead atoms. The van der Waals surface area contributed by atoms with Crippen LogP contribution in [0.5, 0.6) is 0 Å². The minimum atomic E-state index is -0.994. The van der Waals surface area contributed by atoms with Gasteiger partial charge in [0.2, 0.25) is 0 Å². The van der Waals surface area contributed by atoms with Gasteiger partial charge in [0, 0.05) is 24.9 Å². The van der Waals surface area contributed by atoms with E-state index >= 15 is 0 Å². The Morgan fingerprint density at radius 3 is 3.00 bits per heavy atom. The number of aliphatic carboxylic acids is 1. The fraction of sp³-hybridized carbons (Fsp3) is 0.250. The molecule has 8 heteroatoms. The van der Waals surface area contributed by atoms with Gasteiger partial charge in [-0.2, -0.15) is 5.10 Å². The van der Waals surface area contributed by atoms with Crippen LogP contribution in [0.25, 0.3) is 0 Å². The molecule has 0 unspecified atom stereocenters. The Bertz CT molecular complexity index is 620. The lowest BCUT2D eigenvalue weighted by Crippen LogP contribution is -2.14. The van der Waals surface area contributed by atoms with E-state index in [4.69, 9.17) is 9.84 Å². The molecule has 2 heterocycles. The first-order valence-corrected chi connectivity index (χ1v) is 6.60. The van der Waals surface area contributed by atoms with Gasteiger partial charge in [0.25, 0.3) is 5.91 Å². The van der Waals surface area contributed by atoms with Crippen LogP contribution in [0.1, 0.15) is 15.2 Å². The van der Waals surface area contributed by atoms with Crippen molar-refractivity contribution in [3.8, 4) is 0 Å². The lowest BCUT2D eigenvalue weighted by Gasteiger charge is -2.03. The number of anilines is 1. The summed E-state index contributed by atoms with van der Waals surface area (Å²) in [4.78, 5) is 23.2. The highest BCUT2D eigenvalue weighted by Crippen LogP contribution is 2.19. The van der Waals surface area contributed by atoms with Gasteiger partial charge in [0.05, 0.1) is 11.5 Å². The topological polar surface area (TPSA) is 93.5 Å². The van der Waals surface area contributed by atoms with Crippen LogP contribution in [0.3, 0.4) is 0 Å². The number of thiophene rings is 1. The predicted molar refractivity (Wildman–Crippen MR) is 72.8 cm³/mol. The quantitative estimate of drug-likeness (QED) is 0.840. The molecule has 2 N–H and O–H groups in total. The summed E-state index contributed by atoms with van der Waals surface area (Å²) in [7, 11) is 1.56. The molecule has 2 aromatic rings. The second kappa shape index (κ2) is 6.31. The van der Waals surface area contributed by atoms with Crippen LogP contribution in [0.2, 0.25) is 0 Å². The van der Waals surface area contributed by atoms with E-state index in [-0.39, 0.29) is 12.5 Å². The van der Waals surface area contributed by atoms with Crippen molar-refractivity contribution >= 4 is 29.0 Å². The number of amides is 1. The fourth-order valence-electron chi connectivity index (χ4n) is 1.63. The first kappa shape index (κ1) is 14.2. The number of nitrogens with zero attached hydrogens (tertiary/aromatic N) is 2. The van der Waals surface area contributed by atoms with Crippen molar-refractivity contribution in [2.75, 3.05) is 12.4 Å². The second-order valence-corrected chi connectivity index (χ2v) is 4.87. The summed E-state index contributed by atoms with van der Waals surface area (Å²) in [6.45, 7) is 0.115. The van der Waals surface area contributed by atoms with E-state index in [0.29, 0.717) is 17.3 Å². The molecule has 2 rings (SSSR count). The average molecular weight is 295 g/mol. The number of methoxy groups -OCH3 is 1. The Balaban J connectivity index is 2.05. The van der Waals surface area contributed by atoms with Crippen molar-refractivity contribution in [3.63, 3.8) is 0 Å². The molecule has 0 aromatic carbocycles. The second-order valence-electron chi connectivity index (χ2n) is 3.95. The summed E-state index contributed by atoms with van der Waals surface area (Å²) in [5, 5.41) is 17.0. The van der Waals surface area contributed by atoms with Crippen molar-refractivity contribution in [2.24, 2.45) is 0 Å². The number of hydrogen-bond donors (Lipinski definition) is 2. The van der Waals surface area contributed by atoms with E-state index in [1.54, 1.807) is 13.2 Å². The lowest BCUT2D eigenvalue weighted by molar-refractivity contribution is -0.137. The molecule has 0 aliphatic heterocycles. The summed E-state index contributed by atoms with van der Waals surface area (Å²) in [5.74, 6) is -0.966. The molecule has 0 aliphatic rings. The first-order chi connectivity index (χ1) is 9.60. The van der Waals surface area contributed by atoms with E-state index in [9.17, 15) is 9.59 Å². The number of carbonyl (C=O) groups is 2. The number of carboxylic acids is 1. The third kappa shape index (κ3) is 3.43. The Morgan fingerprint density at radius 2 is 2.30 bits per heavy atom. The van der Waals surface area contributed by atoms with E-state index in [1.807, 2.05) is 11.4 Å². The molecule has 0 aliphatic carbocycles. The zero-order valence-corrected chi connectivity index (χ0v) is 11.5. The normalized spacial score (nSPS) is 10.4. The van der Waals surface area contributed by atoms with Crippen LogP contribution in [0.15, 0.2) is 23.7 Å². The van der Waals surface area contributed by atoms with E-state index in [2.05, 4.69) is 10.4 Å². The van der Waals surface area contributed by atoms with Gasteiger partial charge in [-0.3, -0.25) is 14.3 Å². The highest BCUT2D eigenvalue weighted by Gasteiger charge is 2.14. The molecular formula is C12H13N3O4S. The monoisotopic (exact) mass is 295 g/mol. The first-order valence-electron chi connectivity index (χ1n) is 5.72. The predicted octanol–water partition coefficient (Wildman–Crippen LogP) is 1.43. The van der Waals surface area contributed by atoms with Gasteiger partial charge >= 0.3 is 5.97 Å². The average Bonchev–Trinajstić information content (AvgIpc) is 2.98. The highest BCUT2D eigenvalue weighted by molar-refractivity contribution is 7.12. The van der Waals surface area contributed by atoms with Gasteiger partial charge in [-0.1, -0.05) is 0 Å². The zero-order valence-electron chi connectivity index (χ0n) is 10.7. The maximum Gasteiger partial charge on any atom is 0.325 e. The third-order valence-corrected chi connectivity index (χ3v) is 3.39. The molecular weight excluding hydrogens is 282 g/mol. The van der Waals surface area contributed by atoms with Gasteiger partial charge in [-0.25, -0.2) is 0 Å². The number of hydrogen-bond acceptors (Lipinski definition) is 5. The smallest absolute Gasteiger partial charge is 0.325 e. The number of carbonyl (C=O) groups excluding carboxylic acids is 1. The molecule has 20 heavy (non-hydrogen) atoms. The molecule has 2 aromatic heterocycles. The number of nitrogens with one attached hydrogen (secondary N) is 1. The van der Waals surface area contributed by atoms with Crippen molar-refractivity contribution in [2.45, 2.75) is 13.2 Å². The van der Waals surface area contributed by atoms with Crippen LogP contribution in [0, 0.1) is 0 Å². The SMILES string of the molecule is COCc1ccsc1C(=O)Nc1ccn(CC(=O)O)n1. The van der Waals surface area contributed by atoms with E-state index < -0.39 is 5.97 Å². The Hall–Kier alpha value is -2.19. The van der Waals surface area contributed by atoms with E-state index in [1.165, 1.54) is 22.2 Å². The maximum atomic E-state index is 12.1. The molecule has 1 amide bonds. The van der Waals surface area contributed by atoms with Crippen LogP contribution in [-0.2, 0) is 22.7 Å². The summed E-state index contributed by atoms with van der Waals surface area (Å²) >= 11 is 1.31. The lowest BCUT2D eigenvalue weighted by atomic mass is 10.2. The van der Waals surface area contributed by atoms with Gasteiger partial charge in [0.1, 0.15) is 6.54 Å². The number of ether oxygens (including phenoxy) is 1. The molecule has 106 valence electrons. The minimum absolute atomic E-state index is 0.246. The van der Waals surface area contributed by atoms with Gasteiger partial charge < -0.3 is 15.2 Å². The molecule has 0 spiro atoms. The maximum absolute atomic E-state index is 12.1. The number of rotatable bonds is 6. The largest absolute Gasteiger partial charge is 0.480 e. The zero-order chi connectivity index (χ0) is 14.5. The van der Waals surface area contributed by atoms with Crippen molar-refractivity contribution in [1.82, 2.24) is 9.78 Å². The summed E-state index contributed by atoms with van der Waals surface area (Å²) in [6, 6.07) is 3.37. The molecule has 0 atom stereocenters. The number of aromatic nitrogens is 2. The number of carboxylic acid groups (broad SMARTS) is 1. The molecule has 7 nitrogen and oxygen atoms in total. The summed E-state index contributed by atoms with van der Waals surface area (Å²) < 4.78 is 6.26. The van der Waals surface area contributed by atoms with Crippen molar-refractivity contribution in [1.29, 1.82) is 0 Å². The minimum Gasteiger partial charge on any atom is -0.480 e. The molecule has 0 radical (unpaired) electrons. The van der Waals surface area contributed by atoms with Gasteiger partial charge in [-0.15, -0.1) is 11.3 Å². The Morgan fingerprint density at radius 1 is 1.50 bits per heavy atom. The molecule has 0 saturated carbocycles. The third-order valence-electron chi connectivity index (χ3n) is 2.43. The molecule has 0 fully saturated rings. The van der Waals surface area contributed by atoms with Crippen LogP contribution in [-0.4, -0.2) is 33.9 Å². The fourth-order valence-corrected chi connectivity index (χ4v) is 2.44. The van der Waals surface area contributed by atoms with E-state index in [0.717, 1.165) is 5.56 Å². The van der Waals surface area contributed by atoms with Crippen molar-refractivity contribution < 1.29 is 19.4 Å². The van der Waals surface area contributed by atoms with Gasteiger partial charge in [-0.05, 0) is 11.4 Å². The summed E-state index contributed by atoms with van der Waals surface area (Å²) in [5.41, 5.74) is 0.806. The highest BCUT2D eigenvalue weighted by atomic mass is 32.1. The van der Waals surface area contributed by atoms with Crippen molar-refractivity contribution in [3.05, 3.63) is 34.2 Å². The van der Waals surface area contributed by atoms with Crippen LogP contribution < -0.4 is 5.32 Å². The van der Waals surface area contributed by atoms with Crippen LogP contribution in [0.4, 0.5) is 5.82 Å². The Labute approximate surface area is 118 Å².